The molecule has 0 aliphatic heterocycles. The Bertz CT molecular complexity index is 949. The molecule has 1 amide bonds. The van der Waals surface area contributed by atoms with Crippen LogP contribution in [0.1, 0.15) is 64.0 Å². The van der Waals surface area contributed by atoms with Crippen molar-refractivity contribution in [3.05, 3.63) is 39.7 Å². The fourth-order valence-corrected chi connectivity index (χ4v) is 3.31. The number of unbranched alkanes of at least 4 members (excludes halogenated alkanes) is 2. The van der Waals surface area contributed by atoms with E-state index in [1.54, 1.807) is 19.9 Å². The number of hydrogen-bond acceptors (Lipinski definition) is 5. The van der Waals surface area contributed by atoms with E-state index in [1.165, 1.54) is 6.07 Å². The molecule has 0 saturated carbocycles. The first-order chi connectivity index (χ1) is 14.3. The second kappa shape index (κ2) is 10.8. The largest absolute Gasteiger partial charge is 0.480 e. The van der Waals surface area contributed by atoms with Crippen LogP contribution in [-0.4, -0.2) is 29.1 Å². The molecule has 0 saturated heterocycles. The number of carboxylic acid groups (broad SMARTS) is 1. The smallest absolute Gasteiger partial charge is 0.336 e. The molecule has 0 spiro atoms. The number of hydrogen-bond donors (Lipinski definition) is 2. The molecular weight excluding hydrogens is 386 g/mol. The van der Waals surface area contributed by atoms with Crippen LogP contribution >= 0.6 is 0 Å². The molecule has 0 aliphatic rings. The SMILES string of the molecule is CCCCc1cc(=O)oc2c(C)c(O[C@@H](C)C(=O)N[C@@H](CCCC)C(=O)O)ccc12. The van der Waals surface area contributed by atoms with Crippen molar-refractivity contribution >= 4 is 22.8 Å². The Hall–Kier alpha value is -2.83. The molecule has 1 aromatic heterocycles. The van der Waals surface area contributed by atoms with Crippen molar-refractivity contribution in [1.29, 1.82) is 0 Å². The lowest BCUT2D eigenvalue weighted by Crippen LogP contribution is -2.46. The van der Waals surface area contributed by atoms with Crippen molar-refractivity contribution in [3.8, 4) is 5.75 Å². The minimum atomic E-state index is -1.06. The van der Waals surface area contributed by atoms with Crippen LogP contribution in [0.15, 0.2) is 27.4 Å². The molecule has 0 aliphatic carbocycles. The Kier molecular flexibility index (Phi) is 8.45. The fourth-order valence-electron chi connectivity index (χ4n) is 3.31. The monoisotopic (exact) mass is 417 g/mol. The van der Waals surface area contributed by atoms with Crippen molar-refractivity contribution in [2.75, 3.05) is 0 Å². The highest BCUT2D eigenvalue weighted by molar-refractivity contribution is 5.87. The molecule has 0 radical (unpaired) electrons. The summed E-state index contributed by atoms with van der Waals surface area (Å²) in [5, 5.41) is 12.7. The van der Waals surface area contributed by atoms with Crippen LogP contribution in [0, 0.1) is 6.92 Å². The van der Waals surface area contributed by atoms with Gasteiger partial charge in [-0.25, -0.2) is 9.59 Å². The standard InChI is InChI=1S/C23H31NO6/c1-5-7-9-16-13-20(25)30-21-14(3)19(12-11-17(16)21)29-15(4)22(26)24-18(23(27)28)10-8-6-2/h11-13,15,18H,5-10H2,1-4H3,(H,24,26)(H,27,28)/t15-,18-/m0/s1. The molecule has 0 fully saturated rings. The van der Waals surface area contributed by atoms with Crippen molar-refractivity contribution in [2.45, 2.75) is 78.4 Å². The molecule has 2 aromatic rings. The van der Waals surface area contributed by atoms with E-state index < -0.39 is 29.6 Å². The lowest BCUT2D eigenvalue weighted by Gasteiger charge is -2.20. The third-order valence-electron chi connectivity index (χ3n) is 5.13. The minimum Gasteiger partial charge on any atom is -0.480 e. The number of fused-ring (bicyclic) bond motifs is 1. The fraction of sp³-hybridized carbons (Fsp3) is 0.522. The zero-order valence-electron chi connectivity index (χ0n) is 18.1. The maximum Gasteiger partial charge on any atom is 0.336 e. The third-order valence-corrected chi connectivity index (χ3v) is 5.13. The summed E-state index contributed by atoms with van der Waals surface area (Å²) in [7, 11) is 0. The predicted octanol–water partition coefficient (Wildman–Crippen LogP) is 3.97. The average Bonchev–Trinajstić information content (AvgIpc) is 2.71. The van der Waals surface area contributed by atoms with Crippen LogP contribution in [0.25, 0.3) is 11.0 Å². The van der Waals surface area contributed by atoms with Crippen LogP contribution < -0.4 is 15.7 Å². The van der Waals surface area contributed by atoms with E-state index in [0.29, 0.717) is 29.7 Å². The van der Waals surface area contributed by atoms with Crippen LogP contribution in [0.5, 0.6) is 5.75 Å². The van der Waals surface area contributed by atoms with Crippen molar-refractivity contribution in [1.82, 2.24) is 5.32 Å². The minimum absolute atomic E-state index is 0.366. The first kappa shape index (κ1) is 23.4. The summed E-state index contributed by atoms with van der Waals surface area (Å²) in [4.78, 5) is 35.8. The van der Waals surface area contributed by atoms with Crippen molar-refractivity contribution in [2.24, 2.45) is 0 Å². The van der Waals surface area contributed by atoms with Crippen LogP contribution in [0.3, 0.4) is 0 Å². The van der Waals surface area contributed by atoms with Gasteiger partial charge in [-0.2, -0.15) is 0 Å². The van der Waals surface area contributed by atoms with E-state index in [1.807, 2.05) is 13.0 Å². The number of carboxylic acids is 1. The maximum absolute atomic E-state index is 12.5. The first-order valence-electron chi connectivity index (χ1n) is 10.5. The van der Waals surface area contributed by atoms with E-state index in [-0.39, 0.29) is 0 Å². The third kappa shape index (κ3) is 5.84. The molecular formula is C23H31NO6. The summed E-state index contributed by atoms with van der Waals surface area (Å²) >= 11 is 0. The van der Waals surface area contributed by atoms with E-state index in [0.717, 1.165) is 36.6 Å². The lowest BCUT2D eigenvalue weighted by molar-refractivity contribution is -0.143. The topological polar surface area (TPSA) is 106 Å². The summed E-state index contributed by atoms with van der Waals surface area (Å²) < 4.78 is 11.2. The molecule has 2 N–H and O–H groups in total. The molecule has 7 heteroatoms. The van der Waals surface area contributed by atoms with Gasteiger partial charge in [0.2, 0.25) is 0 Å². The number of ether oxygens (including phenoxy) is 1. The lowest BCUT2D eigenvalue weighted by atomic mass is 10.0. The van der Waals surface area contributed by atoms with E-state index >= 15 is 0 Å². The number of nitrogens with one attached hydrogen (secondary N) is 1. The molecule has 0 bridgehead atoms. The highest BCUT2D eigenvalue weighted by Gasteiger charge is 2.24. The van der Waals surface area contributed by atoms with Crippen LogP contribution in [0.2, 0.25) is 0 Å². The van der Waals surface area contributed by atoms with Gasteiger partial charge in [0.05, 0.1) is 0 Å². The van der Waals surface area contributed by atoms with Gasteiger partial charge in [0.1, 0.15) is 17.4 Å². The Morgan fingerprint density at radius 1 is 1.20 bits per heavy atom. The number of amides is 1. The number of benzene rings is 1. The Morgan fingerprint density at radius 3 is 2.53 bits per heavy atom. The van der Waals surface area contributed by atoms with Gasteiger partial charge in [-0.15, -0.1) is 0 Å². The van der Waals surface area contributed by atoms with Gasteiger partial charge in [0.15, 0.2) is 6.10 Å². The number of aryl methyl sites for hydroxylation is 2. The van der Waals surface area contributed by atoms with Crippen molar-refractivity contribution in [3.63, 3.8) is 0 Å². The van der Waals surface area contributed by atoms with Crippen LogP contribution in [0.4, 0.5) is 0 Å². The second-order valence-electron chi connectivity index (χ2n) is 7.56. The van der Waals surface area contributed by atoms with Gasteiger partial charge in [-0.05, 0) is 50.8 Å². The quantitative estimate of drug-likeness (QED) is 0.536. The molecule has 30 heavy (non-hydrogen) atoms. The van der Waals surface area contributed by atoms with Gasteiger partial charge in [-0.3, -0.25) is 4.79 Å². The zero-order chi connectivity index (χ0) is 22.3. The number of rotatable bonds is 11. The van der Waals surface area contributed by atoms with Gasteiger partial charge < -0.3 is 19.6 Å². The Balaban J connectivity index is 2.22. The molecule has 164 valence electrons. The van der Waals surface area contributed by atoms with E-state index in [2.05, 4.69) is 12.2 Å². The molecule has 0 unspecified atom stereocenters. The van der Waals surface area contributed by atoms with Gasteiger partial charge in [-0.1, -0.05) is 33.1 Å². The normalized spacial score (nSPS) is 13.1. The van der Waals surface area contributed by atoms with Gasteiger partial charge in [0.25, 0.3) is 5.91 Å². The van der Waals surface area contributed by atoms with E-state index in [9.17, 15) is 19.5 Å². The summed E-state index contributed by atoms with van der Waals surface area (Å²) in [6.45, 7) is 7.39. The highest BCUT2D eigenvalue weighted by atomic mass is 16.5. The Morgan fingerprint density at radius 2 is 1.90 bits per heavy atom. The van der Waals surface area contributed by atoms with E-state index in [4.69, 9.17) is 9.15 Å². The Labute approximate surface area is 176 Å². The molecule has 1 heterocycles. The number of carbonyl (C=O) groups is 2. The second-order valence-corrected chi connectivity index (χ2v) is 7.56. The summed E-state index contributed by atoms with van der Waals surface area (Å²) in [6.07, 6.45) is 3.78. The van der Waals surface area contributed by atoms with Gasteiger partial charge >= 0.3 is 11.6 Å². The maximum atomic E-state index is 12.5. The first-order valence-corrected chi connectivity index (χ1v) is 10.5. The zero-order valence-corrected chi connectivity index (χ0v) is 18.1. The van der Waals surface area contributed by atoms with Crippen molar-refractivity contribution < 1.29 is 23.8 Å². The summed E-state index contributed by atoms with van der Waals surface area (Å²) in [6, 6.07) is 4.16. The summed E-state index contributed by atoms with van der Waals surface area (Å²) in [5.74, 6) is -1.15. The summed E-state index contributed by atoms with van der Waals surface area (Å²) in [5.41, 5.74) is 1.59. The highest BCUT2D eigenvalue weighted by Crippen LogP contribution is 2.29. The number of aliphatic carboxylic acids is 1. The van der Waals surface area contributed by atoms with Gasteiger partial charge in [0, 0.05) is 17.0 Å². The molecule has 1 aromatic carbocycles. The molecule has 2 atom stereocenters. The predicted molar refractivity (Wildman–Crippen MR) is 115 cm³/mol. The number of carbonyl (C=O) groups excluding carboxylic acids is 1. The van der Waals surface area contributed by atoms with Crippen LogP contribution in [-0.2, 0) is 16.0 Å². The molecule has 7 nitrogen and oxygen atoms in total. The molecule has 2 rings (SSSR count). The average molecular weight is 418 g/mol.